The Morgan fingerprint density at radius 1 is 0.902 bits per heavy atom. The molecule has 0 atom stereocenters. The van der Waals surface area contributed by atoms with Crippen molar-refractivity contribution in [2.24, 2.45) is 0 Å². The number of aromatic nitrogens is 2. The Kier molecular flexibility index (Phi) is 15.2. The number of hydrogen-bond donors (Lipinski definition) is 1. The minimum atomic E-state index is -4.43. The summed E-state index contributed by atoms with van der Waals surface area (Å²) in [5, 5.41) is 8.28. The van der Waals surface area contributed by atoms with E-state index < -0.39 is 28.8 Å². The van der Waals surface area contributed by atoms with E-state index in [-0.39, 0.29) is 49.7 Å². The third-order valence-electron chi connectivity index (χ3n) is 11.1. The minimum absolute atomic E-state index is 0.128. The van der Waals surface area contributed by atoms with Crippen LogP contribution in [-0.2, 0) is 51.2 Å². The number of aliphatic carboxylic acids is 1. The van der Waals surface area contributed by atoms with E-state index in [4.69, 9.17) is 9.84 Å². The molecule has 6 rings (SSSR count). The van der Waals surface area contributed by atoms with E-state index in [1.807, 2.05) is 62.9 Å². The third-order valence-corrected chi connectivity index (χ3v) is 11.1. The lowest BCUT2D eigenvalue weighted by Crippen LogP contribution is -2.56. The number of carbonyl (C=O) groups is 3. The van der Waals surface area contributed by atoms with Crippen molar-refractivity contribution in [1.29, 1.82) is 0 Å². The Labute approximate surface area is 352 Å². The van der Waals surface area contributed by atoms with Crippen LogP contribution in [0.5, 0.6) is 0 Å². The van der Waals surface area contributed by atoms with Crippen LogP contribution in [0.4, 0.5) is 17.6 Å². The topological polar surface area (TPSA) is 122 Å². The maximum atomic E-state index is 14.8. The van der Waals surface area contributed by atoms with Crippen molar-refractivity contribution in [2.75, 3.05) is 20.2 Å². The smallest absolute Gasteiger partial charge is 0.416 e. The van der Waals surface area contributed by atoms with Crippen molar-refractivity contribution in [3.05, 3.63) is 135 Å². The summed E-state index contributed by atoms with van der Waals surface area (Å²) in [6.45, 7) is 8.48. The zero-order chi connectivity index (χ0) is 44.5. The molecule has 1 aliphatic heterocycles. The van der Waals surface area contributed by atoms with Gasteiger partial charge in [-0.05, 0) is 105 Å². The summed E-state index contributed by atoms with van der Waals surface area (Å²) in [6.07, 6.45) is -1.75. The van der Waals surface area contributed by atoms with Crippen LogP contribution in [-0.4, -0.2) is 74.1 Å². The molecule has 0 saturated carbocycles. The number of nitrogens with zero attached hydrogens (tertiary/aromatic N) is 4. The summed E-state index contributed by atoms with van der Waals surface area (Å²) in [6, 6.07) is 24.1. The van der Waals surface area contributed by atoms with Crippen molar-refractivity contribution in [2.45, 2.75) is 97.1 Å². The zero-order valence-corrected chi connectivity index (χ0v) is 35.1. The number of esters is 1. The quantitative estimate of drug-likeness (QED) is 0.0924. The molecule has 0 spiro atoms. The van der Waals surface area contributed by atoms with Crippen LogP contribution >= 0.6 is 0 Å². The van der Waals surface area contributed by atoms with E-state index >= 15 is 0 Å². The summed E-state index contributed by atoms with van der Waals surface area (Å²) >= 11 is 0. The number of fused-ring (bicyclic) bond motifs is 1. The van der Waals surface area contributed by atoms with Gasteiger partial charge in [0.05, 0.1) is 23.6 Å². The number of rotatable bonds is 13. The third kappa shape index (κ3) is 11.7. The first kappa shape index (κ1) is 46.2. The van der Waals surface area contributed by atoms with Gasteiger partial charge in [-0.25, -0.2) is 4.39 Å². The number of methoxy groups -OCH3 is 1. The lowest BCUT2D eigenvalue weighted by atomic mass is 9.95. The van der Waals surface area contributed by atoms with Gasteiger partial charge >= 0.3 is 18.1 Å². The number of halogens is 4. The molecule has 61 heavy (non-hydrogen) atoms. The van der Waals surface area contributed by atoms with E-state index in [0.717, 1.165) is 35.2 Å². The molecular formula is C47H52F4N4O6. The second-order valence-electron chi connectivity index (χ2n) is 15.7. The van der Waals surface area contributed by atoms with Crippen LogP contribution in [0.15, 0.2) is 95.8 Å². The first-order valence-corrected chi connectivity index (χ1v) is 20.3. The Hall–Kier alpha value is -5.89. The molecule has 1 aliphatic rings. The molecule has 0 aliphatic carbocycles. The monoisotopic (exact) mass is 844 g/mol. The normalized spacial score (nSPS) is 13.7. The van der Waals surface area contributed by atoms with Crippen LogP contribution < -0.4 is 5.56 Å². The predicted octanol–water partition coefficient (Wildman–Crippen LogP) is 8.63. The molecule has 10 nitrogen and oxygen atoms in total. The maximum absolute atomic E-state index is 14.8. The number of aryl methyl sites for hydroxylation is 3. The summed E-state index contributed by atoms with van der Waals surface area (Å²) in [7, 11) is 1.36. The fraction of sp³-hybridized carbons (Fsp3) is 0.383. The average molecular weight is 845 g/mol. The number of carboxylic acid groups (broad SMARTS) is 1. The zero-order valence-electron chi connectivity index (χ0n) is 35.1. The fourth-order valence-corrected chi connectivity index (χ4v) is 7.56. The van der Waals surface area contributed by atoms with Crippen LogP contribution in [0.1, 0.15) is 74.5 Å². The highest BCUT2D eigenvalue weighted by atomic mass is 19.4. The Bertz CT molecular complexity index is 2370. The highest BCUT2D eigenvalue weighted by Gasteiger charge is 2.39. The standard InChI is InChI=1S/C43H44F4N4O4.C4H8O2/c1-28-9-12-32(36(44)25-28)17-20-38-48-40(53)35-7-5-6-8-37(35)51(38)27-39(52)50(34-21-23-49(24-22-34)42(2,3)41(54)55-4)26-29-10-13-30(14-11-29)31-15-18-33(19-16-31)43(45,46)47;1-2-3-4(5)6/h5-16,18-19,25,34H,17,20-24,26-27H2,1-4H3;2-3H2,1H3,(H,5,6). The Balaban J connectivity index is 0.00000109. The molecule has 1 N–H and O–H groups in total. The van der Waals surface area contributed by atoms with Gasteiger partial charge in [0.15, 0.2) is 0 Å². The van der Waals surface area contributed by atoms with Gasteiger partial charge < -0.3 is 19.3 Å². The van der Waals surface area contributed by atoms with E-state index in [2.05, 4.69) is 9.88 Å². The van der Waals surface area contributed by atoms with Gasteiger partial charge in [0.1, 0.15) is 23.7 Å². The summed E-state index contributed by atoms with van der Waals surface area (Å²) in [4.78, 5) is 58.3. The van der Waals surface area contributed by atoms with Gasteiger partial charge in [-0.3, -0.25) is 24.1 Å². The van der Waals surface area contributed by atoms with Gasteiger partial charge in [-0.2, -0.15) is 18.2 Å². The number of amides is 1. The number of ether oxygens (including phenoxy) is 1. The van der Waals surface area contributed by atoms with E-state index in [1.54, 1.807) is 34.9 Å². The molecule has 1 saturated heterocycles. The van der Waals surface area contributed by atoms with Crippen molar-refractivity contribution in [3.8, 4) is 11.1 Å². The Morgan fingerprint density at radius 3 is 2.08 bits per heavy atom. The second kappa shape index (κ2) is 20.1. The first-order chi connectivity index (χ1) is 28.9. The van der Waals surface area contributed by atoms with Gasteiger partial charge in [0.25, 0.3) is 5.56 Å². The van der Waals surface area contributed by atoms with Crippen molar-refractivity contribution >= 4 is 28.7 Å². The largest absolute Gasteiger partial charge is 0.481 e. The number of alkyl halides is 3. The molecule has 5 aromatic rings. The number of likely N-dealkylation sites (tertiary alicyclic amines) is 1. The van der Waals surface area contributed by atoms with Crippen molar-refractivity contribution < 1.29 is 41.8 Å². The highest BCUT2D eigenvalue weighted by Crippen LogP contribution is 2.32. The summed E-state index contributed by atoms with van der Waals surface area (Å²) in [5.74, 6) is -1.24. The van der Waals surface area contributed by atoms with Gasteiger partial charge in [0, 0.05) is 38.5 Å². The molecule has 1 fully saturated rings. The van der Waals surface area contributed by atoms with Crippen molar-refractivity contribution in [3.63, 3.8) is 0 Å². The summed E-state index contributed by atoms with van der Waals surface area (Å²) in [5.41, 5.74) is 2.00. The lowest BCUT2D eigenvalue weighted by molar-refractivity contribution is -0.155. The van der Waals surface area contributed by atoms with E-state index in [9.17, 15) is 36.7 Å². The minimum Gasteiger partial charge on any atom is -0.481 e. The molecular weight excluding hydrogens is 793 g/mol. The number of hydrogen-bond acceptors (Lipinski definition) is 7. The van der Waals surface area contributed by atoms with Crippen LogP contribution in [0, 0.1) is 12.7 Å². The van der Waals surface area contributed by atoms with Gasteiger partial charge in [-0.15, -0.1) is 0 Å². The molecule has 1 amide bonds. The fourth-order valence-electron chi connectivity index (χ4n) is 7.56. The lowest BCUT2D eigenvalue weighted by Gasteiger charge is -2.44. The molecule has 2 heterocycles. The number of para-hydroxylation sites is 1. The Morgan fingerprint density at radius 2 is 1.52 bits per heavy atom. The molecule has 1 aromatic heterocycles. The maximum Gasteiger partial charge on any atom is 0.416 e. The number of carbonyl (C=O) groups excluding carboxylic acids is 2. The first-order valence-electron chi connectivity index (χ1n) is 20.3. The summed E-state index contributed by atoms with van der Waals surface area (Å²) < 4.78 is 61.1. The highest BCUT2D eigenvalue weighted by molar-refractivity contribution is 5.82. The van der Waals surface area contributed by atoms with E-state index in [1.165, 1.54) is 25.3 Å². The number of benzene rings is 4. The average Bonchev–Trinajstić information content (AvgIpc) is 3.23. The predicted molar refractivity (Wildman–Crippen MR) is 225 cm³/mol. The molecule has 4 aromatic carbocycles. The second-order valence-corrected chi connectivity index (χ2v) is 15.7. The molecule has 0 radical (unpaired) electrons. The number of carboxylic acids is 1. The number of piperidine rings is 1. The SMILES string of the molecule is CCCC(=O)O.COC(=O)C(C)(C)N1CCC(N(Cc2ccc(-c3ccc(C(F)(F)F)cc3)cc2)C(=O)Cn2c(CCc3ccc(C)cc3F)nc(=O)c3ccccc32)CC1. The van der Waals surface area contributed by atoms with Gasteiger partial charge in [-0.1, -0.05) is 67.6 Å². The van der Waals surface area contributed by atoms with Crippen LogP contribution in [0.3, 0.4) is 0 Å². The van der Waals surface area contributed by atoms with Crippen LogP contribution in [0.25, 0.3) is 22.0 Å². The molecule has 0 unspecified atom stereocenters. The van der Waals surface area contributed by atoms with Crippen molar-refractivity contribution in [1.82, 2.24) is 19.4 Å². The molecule has 324 valence electrons. The molecule has 14 heteroatoms. The van der Waals surface area contributed by atoms with E-state index in [0.29, 0.717) is 60.2 Å². The van der Waals surface area contributed by atoms with Gasteiger partial charge in [0.2, 0.25) is 5.91 Å². The van der Waals surface area contributed by atoms with Crippen LogP contribution in [0.2, 0.25) is 0 Å². The molecule has 0 bridgehead atoms.